The van der Waals surface area contributed by atoms with Gasteiger partial charge < -0.3 is 9.47 Å². The molecule has 2 unspecified atom stereocenters. The molecule has 2 aliphatic heterocycles. The highest BCUT2D eigenvalue weighted by molar-refractivity contribution is 5.75. The van der Waals surface area contributed by atoms with Crippen LogP contribution in [0.3, 0.4) is 0 Å². The lowest BCUT2D eigenvalue weighted by molar-refractivity contribution is -0.0342. The van der Waals surface area contributed by atoms with Crippen LogP contribution in [0.15, 0.2) is 48.5 Å². The predicted octanol–water partition coefficient (Wildman–Crippen LogP) is 4.30. The Bertz CT molecular complexity index is 893. The third-order valence-corrected chi connectivity index (χ3v) is 4.94. The lowest BCUT2D eigenvalue weighted by Crippen LogP contribution is -2.56. The summed E-state index contributed by atoms with van der Waals surface area (Å²) in [5, 5.41) is 0. The van der Waals surface area contributed by atoms with Crippen LogP contribution in [0.2, 0.25) is 0 Å². The Morgan fingerprint density at radius 2 is 1.82 bits per heavy atom. The summed E-state index contributed by atoms with van der Waals surface area (Å²) in [6.07, 6.45) is 1.28. The number of rotatable bonds is 3. The zero-order chi connectivity index (χ0) is 19.7. The summed E-state index contributed by atoms with van der Waals surface area (Å²) < 4.78 is 52.5. The van der Waals surface area contributed by atoms with Crippen molar-refractivity contribution in [2.75, 3.05) is 13.2 Å². The fourth-order valence-electron chi connectivity index (χ4n) is 3.71. The van der Waals surface area contributed by atoms with Crippen molar-refractivity contribution >= 4 is 11.7 Å². The largest absolute Gasteiger partial charge is 0.445 e. The van der Waals surface area contributed by atoms with E-state index < -0.39 is 35.6 Å². The van der Waals surface area contributed by atoms with Crippen LogP contribution in [0.25, 0.3) is 5.57 Å². The van der Waals surface area contributed by atoms with Crippen LogP contribution in [0, 0.1) is 17.5 Å². The first kappa shape index (κ1) is 18.6. The summed E-state index contributed by atoms with van der Waals surface area (Å²) in [5.74, 6) is -2.88. The van der Waals surface area contributed by atoms with E-state index in [1.165, 1.54) is 0 Å². The first-order valence-electron chi connectivity index (χ1n) is 8.95. The number of fused-ring (bicyclic) bond motifs is 2. The van der Waals surface area contributed by atoms with E-state index in [4.69, 9.17) is 9.47 Å². The van der Waals surface area contributed by atoms with Gasteiger partial charge in [-0.05, 0) is 17.6 Å². The minimum absolute atomic E-state index is 0.133. The fraction of sp³-hybridized carbons (Fsp3) is 0.286. The van der Waals surface area contributed by atoms with E-state index in [0.717, 1.165) is 5.56 Å². The first-order chi connectivity index (χ1) is 13.5. The number of ether oxygens (including phenoxy) is 2. The second kappa shape index (κ2) is 7.67. The summed E-state index contributed by atoms with van der Waals surface area (Å²) in [7, 11) is 0. The summed E-state index contributed by atoms with van der Waals surface area (Å²) in [6, 6.07) is 9.69. The van der Waals surface area contributed by atoms with Crippen LogP contribution >= 0.6 is 0 Å². The van der Waals surface area contributed by atoms with E-state index in [2.05, 4.69) is 0 Å². The van der Waals surface area contributed by atoms with Crippen molar-refractivity contribution in [2.45, 2.75) is 25.1 Å². The Hall–Kier alpha value is -2.80. The number of morpholine rings is 1. The van der Waals surface area contributed by atoms with Crippen LogP contribution in [0.5, 0.6) is 0 Å². The number of hydrogen-bond acceptors (Lipinski definition) is 3. The summed E-state index contributed by atoms with van der Waals surface area (Å²) >= 11 is 0. The van der Waals surface area contributed by atoms with Crippen molar-refractivity contribution in [1.82, 2.24) is 4.90 Å². The van der Waals surface area contributed by atoms with Gasteiger partial charge in [-0.2, -0.15) is 0 Å². The molecule has 1 fully saturated rings. The van der Waals surface area contributed by atoms with E-state index in [1.807, 2.05) is 30.3 Å². The van der Waals surface area contributed by atoms with Gasteiger partial charge in [-0.25, -0.2) is 18.0 Å². The SMILES string of the molecule is O=C(OCc1ccccc1)N1C2C=C(c3c(F)cc(F)cc3F)CC1COC2. The van der Waals surface area contributed by atoms with Crippen LogP contribution < -0.4 is 0 Å². The average molecular weight is 389 g/mol. The maximum Gasteiger partial charge on any atom is 0.411 e. The van der Waals surface area contributed by atoms with Gasteiger partial charge in [-0.1, -0.05) is 36.4 Å². The number of nitrogens with zero attached hydrogens (tertiary/aromatic N) is 1. The molecule has 0 aromatic heterocycles. The molecule has 2 atom stereocenters. The molecule has 2 bridgehead atoms. The van der Waals surface area contributed by atoms with Crippen molar-refractivity contribution in [3.63, 3.8) is 0 Å². The molecular formula is C21H18F3NO3. The smallest absolute Gasteiger partial charge is 0.411 e. The molecule has 2 aromatic carbocycles. The Balaban J connectivity index is 1.55. The quantitative estimate of drug-likeness (QED) is 0.786. The van der Waals surface area contributed by atoms with Gasteiger partial charge in [0, 0.05) is 17.7 Å². The molecule has 0 saturated carbocycles. The molecule has 4 rings (SSSR count). The maximum absolute atomic E-state index is 14.2. The average Bonchev–Trinajstić information content (AvgIpc) is 2.65. The monoisotopic (exact) mass is 389 g/mol. The van der Waals surface area contributed by atoms with Crippen LogP contribution in [0.1, 0.15) is 17.5 Å². The summed E-state index contributed by atoms with van der Waals surface area (Å²) in [6.45, 7) is 0.567. The Morgan fingerprint density at radius 3 is 2.50 bits per heavy atom. The lowest BCUT2D eigenvalue weighted by Gasteiger charge is -2.43. The van der Waals surface area contributed by atoms with Crippen molar-refractivity contribution in [1.29, 1.82) is 0 Å². The predicted molar refractivity (Wildman–Crippen MR) is 95.8 cm³/mol. The van der Waals surface area contributed by atoms with Gasteiger partial charge in [0.2, 0.25) is 0 Å². The molecule has 1 amide bonds. The highest BCUT2D eigenvalue weighted by atomic mass is 19.1. The molecule has 0 aliphatic carbocycles. The van der Waals surface area contributed by atoms with Crippen molar-refractivity contribution in [3.05, 3.63) is 77.1 Å². The zero-order valence-corrected chi connectivity index (χ0v) is 14.9. The third-order valence-electron chi connectivity index (χ3n) is 4.94. The minimum atomic E-state index is -0.968. The van der Waals surface area contributed by atoms with Gasteiger partial charge in [0.25, 0.3) is 0 Å². The fourth-order valence-corrected chi connectivity index (χ4v) is 3.71. The third kappa shape index (κ3) is 3.62. The normalized spacial score (nSPS) is 21.2. The number of halogens is 3. The molecule has 2 heterocycles. The van der Waals surface area contributed by atoms with E-state index in [0.29, 0.717) is 17.7 Å². The molecule has 2 aromatic rings. The second-order valence-electron chi connectivity index (χ2n) is 6.85. The molecule has 4 nitrogen and oxygen atoms in total. The number of amides is 1. The summed E-state index contributed by atoms with van der Waals surface area (Å²) in [4.78, 5) is 14.2. The van der Waals surface area contributed by atoms with Crippen LogP contribution in [-0.2, 0) is 16.1 Å². The Labute approximate surface area is 160 Å². The van der Waals surface area contributed by atoms with Gasteiger partial charge in [0.1, 0.15) is 24.1 Å². The highest BCUT2D eigenvalue weighted by Gasteiger charge is 2.40. The van der Waals surface area contributed by atoms with Crippen molar-refractivity contribution < 1.29 is 27.4 Å². The number of carbonyl (C=O) groups excluding carboxylic acids is 1. The van der Waals surface area contributed by atoms with E-state index in [9.17, 15) is 18.0 Å². The van der Waals surface area contributed by atoms with Crippen molar-refractivity contribution in [3.8, 4) is 0 Å². The Kier molecular flexibility index (Phi) is 5.09. The molecule has 0 spiro atoms. The topological polar surface area (TPSA) is 38.8 Å². The van der Waals surface area contributed by atoms with E-state index >= 15 is 0 Å². The van der Waals surface area contributed by atoms with E-state index in [1.54, 1.807) is 11.0 Å². The molecule has 1 saturated heterocycles. The molecule has 0 radical (unpaired) electrons. The number of benzene rings is 2. The van der Waals surface area contributed by atoms with Gasteiger partial charge >= 0.3 is 6.09 Å². The minimum Gasteiger partial charge on any atom is -0.445 e. The van der Waals surface area contributed by atoms with Gasteiger partial charge in [0.15, 0.2) is 0 Å². The van der Waals surface area contributed by atoms with Gasteiger partial charge in [-0.3, -0.25) is 4.90 Å². The lowest BCUT2D eigenvalue weighted by atomic mass is 9.89. The van der Waals surface area contributed by atoms with Crippen LogP contribution in [-0.4, -0.2) is 36.3 Å². The number of hydrogen-bond donors (Lipinski definition) is 0. The molecule has 2 aliphatic rings. The maximum atomic E-state index is 14.2. The Morgan fingerprint density at radius 1 is 1.11 bits per heavy atom. The van der Waals surface area contributed by atoms with Crippen molar-refractivity contribution in [2.24, 2.45) is 0 Å². The number of carbonyl (C=O) groups is 1. The standard InChI is InChI=1S/C21H18F3NO3/c22-15-8-18(23)20(19(24)9-15)14-6-16-11-27-12-17(7-14)25(16)21(26)28-10-13-4-2-1-3-5-13/h1-6,8-9,16-17H,7,10-12H2. The highest BCUT2D eigenvalue weighted by Crippen LogP contribution is 2.35. The van der Waals surface area contributed by atoms with Gasteiger partial charge in [-0.15, -0.1) is 0 Å². The van der Waals surface area contributed by atoms with Gasteiger partial charge in [0.05, 0.1) is 25.3 Å². The summed E-state index contributed by atoms with van der Waals surface area (Å²) in [5.41, 5.74) is 1.01. The molecule has 7 heteroatoms. The van der Waals surface area contributed by atoms with Crippen LogP contribution in [0.4, 0.5) is 18.0 Å². The zero-order valence-electron chi connectivity index (χ0n) is 14.9. The molecular weight excluding hydrogens is 371 g/mol. The first-order valence-corrected chi connectivity index (χ1v) is 8.95. The van der Waals surface area contributed by atoms with E-state index in [-0.39, 0.29) is 31.8 Å². The molecule has 146 valence electrons. The molecule has 28 heavy (non-hydrogen) atoms. The molecule has 0 N–H and O–H groups in total. The second-order valence-corrected chi connectivity index (χ2v) is 6.85.